The van der Waals surface area contributed by atoms with Crippen molar-refractivity contribution in [2.75, 3.05) is 18.0 Å². The number of anilines is 1. The van der Waals surface area contributed by atoms with E-state index in [0.717, 1.165) is 30.2 Å². The number of hydrogen-bond donors (Lipinski definition) is 1. The van der Waals surface area contributed by atoms with E-state index in [1.54, 1.807) is 0 Å². The van der Waals surface area contributed by atoms with E-state index in [9.17, 15) is 0 Å². The summed E-state index contributed by atoms with van der Waals surface area (Å²) in [7, 11) is 0. The number of piperidine rings is 1. The molecule has 1 aromatic rings. The standard InChI is InChI=1S/C16H24Cl2N2/c1-4-8-19-15-7-9-20(12(3)11(15)2)16-6-5-13(17)10-14(16)18/h5-6,10-12,15,19H,4,7-9H2,1-3H3. The molecule has 3 atom stereocenters. The van der Waals surface area contributed by atoms with Gasteiger partial charge in [0, 0.05) is 23.7 Å². The fraction of sp³-hybridized carbons (Fsp3) is 0.625. The van der Waals surface area contributed by atoms with Crippen LogP contribution in [-0.4, -0.2) is 25.2 Å². The lowest BCUT2D eigenvalue weighted by Gasteiger charge is -2.44. The van der Waals surface area contributed by atoms with Gasteiger partial charge in [0.1, 0.15) is 0 Å². The predicted octanol–water partition coefficient (Wildman–Crippen LogP) is 4.60. The fourth-order valence-corrected chi connectivity index (χ4v) is 3.55. The minimum absolute atomic E-state index is 0.469. The summed E-state index contributed by atoms with van der Waals surface area (Å²) in [6.45, 7) is 8.96. The third-order valence-corrected chi connectivity index (χ3v) is 4.98. The van der Waals surface area contributed by atoms with Crippen molar-refractivity contribution in [3.63, 3.8) is 0 Å². The molecule has 2 nitrogen and oxygen atoms in total. The van der Waals surface area contributed by atoms with Crippen LogP contribution in [0.2, 0.25) is 10.0 Å². The predicted molar refractivity (Wildman–Crippen MR) is 89.1 cm³/mol. The number of benzene rings is 1. The van der Waals surface area contributed by atoms with Gasteiger partial charge < -0.3 is 10.2 Å². The largest absolute Gasteiger partial charge is 0.367 e. The van der Waals surface area contributed by atoms with Gasteiger partial charge in [-0.1, -0.05) is 37.0 Å². The van der Waals surface area contributed by atoms with Crippen molar-refractivity contribution < 1.29 is 0 Å². The number of hydrogen-bond acceptors (Lipinski definition) is 2. The molecule has 1 aliphatic rings. The number of halogens is 2. The Morgan fingerprint density at radius 1 is 1.30 bits per heavy atom. The Labute approximate surface area is 132 Å². The molecule has 0 spiro atoms. The van der Waals surface area contributed by atoms with Crippen molar-refractivity contribution in [1.29, 1.82) is 0 Å². The van der Waals surface area contributed by atoms with Crippen LogP contribution in [-0.2, 0) is 0 Å². The summed E-state index contributed by atoms with van der Waals surface area (Å²) >= 11 is 12.3. The Balaban J connectivity index is 2.11. The average Bonchev–Trinajstić information content (AvgIpc) is 2.41. The Bertz CT molecular complexity index is 450. The van der Waals surface area contributed by atoms with Crippen LogP contribution in [0.5, 0.6) is 0 Å². The summed E-state index contributed by atoms with van der Waals surface area (Å²) < 4.78 is 0. The van der Waals surface area contributed by atoms with Crippen LogP contribution in [0.25, 0.3) is 0 Å². The van der Waals surface area contributed by atoms with Gasteiger partial charge in [-0.2, -0.15) is 0 Å². The highest BCUT2D eigenvalue weighted by molar-refractivity contribution is 6.36. The van der Waals surface area contributed by atoms with Gasteiger partial charge in [-0.05, 0) is 50.4 Å². The first kappa shape index (κ1) is 15.9. The van der Waals surface area contributed by atoms with Crippen molar-refractivity contribution in [3.05, 3.63) is 28.2 Å². The maximum absolute atomic E-state index is 6.35. The average molecular weight is 315 g/mol. The highest BCUT2D eigenvalue weighted by atomic mass is 35.5. The maximum Gasteiger partial charge on any atom is 0.0654 e. The van der Waals surface area contributed by atoms with E-state index in [0.29, 0.717) is 23.0 Å². The van der Waals surface area contributed by atoms with Crippen molar-refractivity contribution in [2.24, 2.45) is 5.92 Å². The van der Waals surface area contributed by atoms with E-state index < -0.39 is 0 Å². The van der Waals surface area contributed by atoms with Crippen LogP contribution in [0.1, 0.15) is 33.6 Å². The third-order valence-electron chi connectivity index (χ3n) is 4.44. The zero-order chi connectivity index (χ0) is 14.7. The van der Waals surface area contributed by atoms with Gasteiger partial charge in [0.15, 0.2) is 0 Å². The van der Waals surface area contributed by atoms with E-state index >= 15 is 0 Å². The highest BCUT2D eigenvalue weighted by Crippen LogP contribution is 2.34. The SMILES string of the molecule is CCCNC1CCN(c2ccc(Cl)cc2Cl)C(C)C1C. The van der Waals surface area contributed by atoms with E-state index in [2.05, 4.69) is 31.0 Å². The first-order valence-electron chi connectivity index (χ1n) is 7.49. The Morgan fingerprint density at radius 3 is 2.70 bits per heavy atom. The van der Waals surface area contributed by atoms with E-state index in [4.69, 9.17) is 23.2 Å². The molecule has 1 aliphatic heterocycles. The zero-order valence-electron chi connectivity index (χ0n) is 12.5. The number of rotatable bonds is 4. The van der Waals surface area contributed by atoms with Crippen molar-refractivity contribution in [1.82, 2.24) is 5.32 Å². The number of nitrogens with one attached hydrogen (secondary N) is 1. The molecular weight excluding hydrogens is 291 g/mol. The summed E-state index contributed by atoms with van der Waals surface area (Å²) in [6.07, 6.45) is 2.34. The molecular formula is C16H24Cl2N2. The molecule has 20 heavy (non-hydrogen) atoms. The molecule has 1 heterocycles. The van der Waals surface area contributed by atoms with E-state index in [1.165, 1.54) is 6.42 Å². The molecule has 112 valence electrons. The maximum atomic E-state index is 6.35. The molecule has 0 saturated carbocycles. The first-order chi connectivity index (χ1) is 9.54. The molecule has 4 heteroatoms. The van der Waals surface area contributed by atoms with Crippen molar-refractivity contribution in [3.8, 4) is 0 Å². The first-order valence-corrected chi connectivity index (χ1v) is 8.25. The van der Waals surface area contributed by atoms with Gasteiger partial charge in [-0.3, -0.25) is 0 Å². The van der Waals surface area contributed by atoms with Gasteiger partial charge in [0.25, 0.3) is 0 Å². The second-order valence-electron chi connectivity index (χ2n) is 5.74. The van der Waals surface area contributed by atoms with E-state index in [-0.39, 0.29) is 0 Å². The molecule has 2 rings (SSSR count). The Kier molecular flexibility index (Phi) is 5.59. The highest BCUT2D eigenvalue weighted by Gasteiger charge is 2.32. The van der Waals surface area contributed by atoms with Gasteiger partial charge in [-0.15, -0.1) is 0 Å². The zero-order valence-corrected chi connectivity index (χ0v) is 14.0. The molecule has 3 unspecified atom stereocenters. The fourth-order valence-electron chi connectivity index (χ4n) is 3.04. The van der Waals surface area contributed by atoms with Gasteiger partial charge in [-0.25, -0.2) is 0 Å². The second kappa shape index (κ2) is 7.02. The van der Waals surface area contributed by atoms with Crippen LogP contribution in [0.3, 0.4) is 0 Å². The molecule has 0 radical (unpaired) electrons. The summed E-state index contributed by atoms with van der Waals surface area (Å²) in [6, 6.07) is 6.86. The lowest BCUT2D eigenvalue weighted by molar-refractivity contribution is 0.271. The normalized spacial score (nSPS) is 26.9. The Hall–Kier alpha value is -0.440. The minimum atomic E-state index is 0.469. The topological polar surface area (TPSA) is 15.3 Å². The minimum Gasteiger partial charge on any atom is -0.367 e. The molecule has 1 aromatic carbocycles. The third kappa shape index (κ3) is 3.41. The van der Waals surface area contributed by atoms with Crippen LogP contribution >= 0.6 is 23.2 Å². The van der Waals surface area contributed by atoms with E-state index in [1.807, 2.05) is 18.2 Å². The molecule has 1 fully saturated rings. The number of nitrogens with zero attached hydrogens (tertiary/aromatic N) is 1. The van der Waals surface area contributed by atoms with Crippen LogP contribution < -0.4 is 10.2 Å². The quantitative estimate of drug-likeness (QED) is 0.874. The van der Waals surface area contributed by atoms with Crippen molar-refractivity contribution in [2.45, 2.75) is 45.7 Å². The molecule has 1 N–H and O–H groups in total. The van der Waals surface area contributed by atoms with Gasteiger partial charge in [0.05, 0.1) is 10.7 Å². The van der Waals surface area contributed by atoms with Crippen molar-refractivity contribution >= 4 is 28.9 Å². The lowest BCUT2D eigenvalue weighted by atomic mass is 9.86. The smallest absolute Gasteiger partial charge is 0.0654 e. The van der Waals surface area contributed by atoms with Gasteiger partial charge >= 0.3 is 0 Å². The Morgan fingerprint density at radius 2 is 2.05 bits per heavy atom. The summed E-state index contributed by atoms with van der Waals surface area (Å²) in [5.74, 6) is 0.599. The molecule has 1 saturated heterocycles. The van der Waals surface area contributed by atoms with Crippen LogP contribution in [0.15, 0.2) is 18.2 Å². The molecule has 0 bridgehead atoms. The monoisotopic (exact) mass is 314 g/mol. The lowest BCUT2D eigenvalue weighted by Crippen LogP contribution is -2.53. The van der Waals surface area contributed by atoms with Crippen LogP contribution in [0.4, 0.5) is 5.69 Å². The molecule has 0 aromatic heterocycles. The summed E-state index contributed by atoms with van der Waals surface area (Å²) in [5, 5.41) is 5.11. The summed E-state index contributed by atoms with van der Waals surface area (Å²) in [4.78, 5) is 2.41. The van der Waals surface area contributed by atoms with Crippen LogP contribution in [0, 0.1) is 5.92 Å². The molecule has 0 aliphatic carbocycles. The van der Waals surface area contributed by atoms with Gasteiger partial charge in [0.2, 0.25) is 0 Å². The summed E-state index contributed by atoms with van der Waals surface area (Å²) in [5.41, 5.74) is 1.10. The second-order valence-corrected chi connectivity index (χ2v) is 6.58. The molecule has 0 amide bonds.